The van der Waals surface area contributed by atoms with Crippen LogP contribution in [0.1, 0.15) is 42.4 Å². The molecule has 0 amide bonds. The number of hydrogen-bond acceptors (Lipinski definition) is 4. The van der Waals surface area contributed by atoms with Crippen molar-refractivity contribution >= 4 is 17.3 Å². The highest BCUT2D eigenvalue weighted by atomic mass is 32.1. The second-order valence-electron chi connectivity index (χ2n) is 7.86. The van der Waals surface area contributed by atoms with Gasteiger partial charge in [0.2, 0.25) is 0 Å². The lowest BCUT2D eigenvalue weighted by Crippen LogP contribution is -2.48. The van der Waals surface area contributed by atoms with Crippen molar-refractivity contribution in [3.63, 3.8) is 0 Å². The molecule has 1 atom stereocenters. The Kier molecular flexibility index (Phi) is 7.56. The van der Waals surface area contributed by atoms with Crippen LogP contribution in [0.3, 0.4) is 0 Å². The van der Waals surface area contributed by atoms with Crippen LogP contribution < -0.4 is 15.4 Å². The van der Waals surface area contributed by atoms with Gasteiger partial charge in [-0.15, -0.1) is 0 Å². The van der Waals surface area contributed by atoms with Crippen molar-refractivity contribution in [2.75, 3.05) is 40.5 Å². The Morgan fingerprint density at radius 3 is 2.72 bits per heavy atom. The summed E-state index contributed by atoms with van der Waals surface area (Å²) in [6.45, 7) is 7.54. The van der Waals surface area contributed by atoms with Crippen LogP contribution in [0.4, 0.5) is 0 Å². The summed E-state index contributed by atoms with van der Waals surface area (Å²) in [5, 5.41) is 11.4. The normalized spacial score (nSPS) is 17.6. The molecule has 2 N–H and O–H groups in total. The lowest BCUT2D eigenvalue weighted by atomic mass is 9.73. The van der Waals surface area contributed by atoms with Crippen LogP contribution >= 0.6 is 11.3 Å². The molecule has 158 valence electrons. The zero-order chi connectivity index (χ0) is 20.7. The number of nitrogens with one attached hydrogen (secondary N) is 2. The Bertz CT molecular complexity index is 798. The number of methoxy groups -OCH3 is 1. The fraction of sp³-hybridized carbons (Fsp3) is 0.522. The SMILES string of the molecule is CN=C(NCC(C)c1ccsc1)NCC1(c2cc(C)ccc2OC)CCOCC1. The lowest BCUT2D eigenvalue weighted by molar-refractivity contribution is 0.0505. The van der Waals surface area contributed by atoms with Gasteiger partial charge in [-0.25, -0.2) is 0 Å². The molecule has 1 unspecified atom stereocenters. The van der Waals surface area contributed by atoms with E-state index in [1.807, 2.05) is 7.05 Å². The number of hydrogen-bond donors (Lipinski definition) is 2. The first-order valence-electron chi connectivity index (χ1n) is 10.3. The molecule has 0 aliphatic carbocycles. The van der Waals surface area contributed by atoms with Crippen LogP contribution in [0.2, 0.25) is 0 Å². The van der Waals surface area contributed by atoms with E-state index in [0.29, 0.717) is 5.92 Å². The second kappa shape index (κ2) is 10.1. The van der Waals surface area contributed by atoms with Crippen molar-refractivity contribution in [3.05, 3.63) is 51.7 Å². The van der Waals surface area contributed by atoms with Gasteiger partial charge in [0, 0.05) is 44.3 Å². The molecule has 2 aromatic rings. The zero-order valence-corrected chi connectivity index (χ0v) is 18.8. The third kappa shape index (κ3) is 5.31. The number of aryl methyl sites for hydroxylation is 1. The van der Waals surface area contributed by atoms with Gasteiger partial charge < -0.3 is 20.1 Å². The molecule has 0 saturated carbocycles. The van der Waals surface area contributed by atoms with Gasteiger partial charge in [0.1, 0.15) is 5.75 Å². The second-order valence-corrected chi connectivity index (χ2v) is 8.64. The van der Waals surface area contributed by atoms with E-state index in [1.165, 1.54) is 16.7 Å². The molecule has 1 aliphatic heterocycles. The number of ether oxygens (including phenoxy) is 2. The Morgan fingerprint density at radius 2 is 2.07 bits per heavy atom. The number of guanidine groups is 1. The van der Waals surface area contributed by atoms with Crippen molar-refractivity contribution in [3.8, 4) is 5.75 Å². The molecule has 1 aliphatic rings. The van der Waals surface area contributed by atoms with Crippen LogP contribution in [0, 0.1) is 6.92 Å². The summed E-state index contributed by atoms with van der Waals surface area (Å²) in [7, 11) is 3.58. The molecule has 0 radical (unpaired) electrons. The molecular weight excluding hydrogens is 382 g/mol. The van der Waals surface area contributed by atoms with E-state index in [4.69, 9.17) is 9.47 Å². The first kappa shape index (κ1) is 21.7. The Hall–Kier alpha value is -2.05. The summed E-state index contributed by atoms with van der Waals surface area (Å²) < 4.78 is 11.4. The molecule has 1 saturated heterocycles. The van der Waals surface area contributed by atoms with Gasteiger partial charge in [-0.3, -0.25) is 4.99 Å². The third-order valence-corrected chi connectivity index (χ3v) is 6.58. The summed E-state index contributed by atoms with van der Waals surface area (Å²) in [6.07, 6.45) is 1.92. The van der Waals surface area contributed by atoms with E-state index in [0.717, 1.165) is 50.9 Å². The highest BCUT2D eigenvalue weighted by molar-refractivity contribution is 7.07. The van der Waals surface area contributed by atoms with Gasteiger partial charge in [-0.1, -0.05) is 24.6 Å². The predicted molar refractivity (Wildman–Crippen MR) is 122 cm³/mol. The summed E-state index contributed by atoms with van der Waals surface area (Å²) in [5.74, 6) is 2.23. The number of benzene rings is 1. The Labute approximate surface area is 178 Å². The smallest absolute Gasteiger partial charge is 0.191 e. The van der Waals surface area contributed by atoms with E-state index in [1.54, 1.807) is 18.4 Å². The number of thiophene rings is 1. The summed E-state index contributed by atoms with van der Waals surface area (Å²) in [4.78, 5) is 4.45. The molecule has 1 fully saturated rings. The Balaban J connectivity index is 1.71. The molecule has 1 aromatic carbocycles. The average Bonchev–Trinajstić information content (AvgIpc) is 3.29. The highest BCUT2D eigenvalue weighted by Crippen LogP contribution is 2.40. The minimum atomic E-state index is -0.0355. The van der Waals surface area contributed by atoms with Crippen molar-refractivity contribution in [1.29, 1.82) is 0 Å². The number of aliphatic imine (C=N–C) groups is 1. The van der Waals surface area contributed by atoms with Crippen LogP contribution in [-0.2, 0) is 10.2 Å². The minimum Gasteiger partial charge on any atom is -0.496 e. The lowest BCUT2D eigenvalue weighted by Gasteiger charge is -2.39. The molecule has 29 heavy (non-hydrogen) atoms. The molecular formula is C23H33N3O2S. The molecule has 5 nitrogen and oxygen atoms in total. The zero-order valence-electron chi connectivity index (χ0n) is 18.0. The third-order valence-electron chi connectivity index (χ3n) is 5.88. The van der Waals surface area contributed by atoms with Crippen LogP contribution in [0.5, 0.6) is 5.75 Å². The van der Waals surface area contributed by atoms with Gasteiger partial charge >= 0.3 is 0 Å². The topological polar surface area (TPSA) is 54.9 Å². The van der Waals surface area contributed by atoms with E-state index in [9.17, 15) is 0 Å². The number of nitrogens with zero attached hydrogens (tertiary/aromatic N) is 1. The van der Waals surface area contributed by atoms with E-state index < -0.39 is 0 Å². The van der Waals surface area contributed by atoms with Crippen LogP contribution in [0.15, 0.2) is 40.0 Å². The largest absolute Gasteiger partial charge is 0.496 e. The summed E-state index contributed by atoms with van der Waals surface area (Å²) >= 11 is 1.74. The van der Waals surface area contributed by atoms with Crippen molar-refractivity contribution < 1.29 is 9.47 Å². The molecule has 2 heterocycles. The predicted octanol–water partition coefficient (Wildman–Crippen LogP) is 4.08. The van der Waals surface area contributed by atoms with Gasteiger partial charge in [0.25, 0.3) is 0 Å². The maximum Gasteiger partial charge on any atom is 0.191 e. The van der Waals surface area contributed by atoms with E-state index >= 15 is 0 Å². The van der Waals surface area contributed by atoms with E-state index in [2.05, 4.69) is 64.5 Å². The summed E-state index contributed by atoms with van der Waals surface area (Å²) in [6, 6.07) is 8.64. The van der Waals surface area contributed by atoms with Crippen LogP contribution in [0.25, 0.3) is 0 Å². The standard InChI is InChI=1S/C23H33N3O2S/c1-17-5-6-21(27-4)20(13-17)23(8-10-28-11-9-23)16-26-22(24-3)25-14-18(2)19-7-12-29-15-19/h5-7,12-13,15,18H,8-11,14,16H2,1-4H3,(H2,24,25,26). The number of rotatable bonds is 7. The maximum absolute atomic E-state index is 5.72. The fourth-order valence-electron chi connectivity index (χ4n) is 3.94. The van der Waals surface area contributed by atoms with Gasteiger partial charge in [-0.05, 0) is 54.1 Å². The first-order valence-corrected chi connectivity index (χ1v) is 11.2. The summed E-state index contributed by atoms with van der Waals surface area (Å²) in [5.41, 5.74) is 3.84. The maximum atomic E-state index is 5.72. The Morgan fingerprint density at radius 1 is 1.28 bits per heavy atom. The molecule has 1 aromatic heterocycles. The minimum absolute atomic E-state index is 0.0355. The average molecular weight is 416 g/mol. The van der Waals surface area contributed by atoms with Crippen molar-refractivity contribution in [2.24, 2.45) is 4.99 Å². The van der Waals surface area contributed by atoms with Crippen molar-refractivity contribution in [1.82, 2.24) is 10.6 Å². The van der Waals surface area contributed by atoms with E-state index in [-0.39, 0.29) is 5.41 Å². The van der Waals surface area contributed by atoms with Crippen molar-refractivity contribution in [2.45, 2.75) is 38.0 Å². The molecule has 3 rings (SSSR count). The molecule has 0 bridgehead atoms. The van der Waals surface area contributed by atoms with Gasteiger partial charge in [0.15, 0.2) is 5.96 Å². The monoisotopic (exact) mass is 415 g/mol. The molecule has 0 spiro atoms. The quantitative estimate of drug-likeness (QED) is 0.528. The van der Waals surface area contributed by atoms with Gasteiger partial charge in [0.05, 0.1) is 7.11 Å². The van der Waals surface area contributed by atoms with Gasteiger partial charge in [-0.2, -0.15) is 11.3 Å². The fourth-order valence-corrected chi connectivity index (χ4v) is 4.72. The first-order chi connectivity index (χ1) is 14.1. The highest BCUT2D eigenvalue weighted by Gasteiger charge is 2.37. The van der Waals surface area contributed by atoms with Crippen LogP contribution in [-0.4, -0.2) is 46.4 Å². The molecule has 6 heteroatoms.